The van der Waals surface area contributed by atoms with Crippen LogP contribution >= 0.6 is 11.6 Å². The molecule has 172 valence electrons. The molecule has 1 amide bonds. The third-order valence-electron chi connectivity index (χ3n) is 5.23. The molecule has 7 nitrogen and oxygen atoms in total. The summed E-state index contributed by atoms with van der Waals surface area (Å²) in [6.07, 6.45) is 0.747. The average molecular weight is 470 g/mol. The van der Waals surface area contributed by atoms with E-state index in [-0.39, 0.29) is 17.4 Å². The molecule has 3 aromatic rings. The van der Waals surface area contributed by atoms with Crippen LogP contribution in [0, 0.1) is 12.7 Å². The maximum atomic E-state index is 13.3. The summed E-state index contributed by atoms with van der Waals surface area (Å²) in [5, 5.41) is 6.23. The van der Waals surface area contributed by atoms with Gasteiger partial charge in [-0.25, -0.2) is 14.4 Å². The number of anilines is 4. The Morgan fingerprint density at radius 2 is 1.82 bits per heavy atom. The molecule has 0 spiro atoms. The number of benzene rings is 2. The van der Waals surface area contributed by atoms with E-state index in [1.54, 1.807) is 12.1 Å². The van der Waals surface area contributed by atoms with Gasteiger partial charge in [0.2, 0.25) is 5.91 Å². The second kappa shape index (κ2) is 10.6. The van der Waals surface area contributed by atoms with Gasteiger partial charge in [-0.3, -0.25) is 4.79 Å². The lowest BCUT2D eigenvalue weighted by atomic mass is 10.1. The lowest BCUT2D eigenvalue weighted by Gasteiger charge is -2.28. The van der Waals surface area contributed by atoms with Crippen LogP contribution in [0.4, 0.5) is 27.4 Å². The van der Waals surface area contributed by atoms with Crippen molar-refractivity contribution in [2.45, 2.75) is 19.8 Å². The zero-order valence-corrected chi connectivity index (χ0v) is 19.0. The zero-order valence-electron chi connectivity index (χ0n) is 18.3. The fourth-order valence-electron chi connectivity index (χ4n) is 3.53. The molecule has 2 heterocycles. The van der Waals surface area contributed by atoms with Crippen molar-refractivity contribution < 1.29 is 13.9 Å². The van der Waals surface area contributed by atoms with Gasteiger partial charge in [-0.1, -0.05) is 17.7 Å². The molecule has 0 radical (unpaired) electrons. The first-order valence-corrected chi connectivity index (χ1v) is 11.1. The molecular weight excluding hydrogens is 445 g/mol. The number of aryl methyl sites for hydroxylation is 2. The first-order chi connectivity index (χ1) is 16.0. The maximum absolute atomic E-state index is 13.3. The number of nitrogens with one attached hydrogen (secondary N) is 2. The third-order valence-corrected chi connectivity index (χ3v) is 5.51. The predicted molar refractivity (Wildman–Crippen MR) is 128 cm³/mol. The summed E-state index contributed by atoms with van der Waals surface area (Å²) in [4.78, 5) is 23.5. The van der Waals surface area contributed by atoms with Crippen molar-refractivity contribution in [3.8, 4) is 0 Å². The first-order valence-electron chi connectivity index (χ1n) is 10.8. The molecular formula is C24H25ClFN5O2. The van der Waals surface area contributed by atoms with Gasteiger partial charge in [-0.05, 0) is 55.3 Å². The van der Waals surface area contributed by atoms with Crippen molar-refractivity contribution in [2.24, 2.45) is 0 Å². The molecule has 0 atom stereocenters. The number of rotatable bonds is 7. The van der Waals surface area contributed by atoms with E-state index >= 15 is 0 Å². The summed E-state index contributed by atoms with van der Waals surface area (Å²) < 4.78 is 18.7. The number of carbonyl (C=O) groups excluding carboxylic acids is 1. The van der Waals surface area contributed by atoms with Crippen LogP contribution in [0.1, 0.15) is 17.8 Å². The largest absolute Gasteiger partial charge is 0.378 e. The van der Waals surface area contributed by atoms with E-state index in [4.69, 9.17) is 16.3 Å². The Balaban J connectivity index is 1.33. The van der Waals surface area contributed by atoms with Crippen LogP contribution in [-0.4, -0.2) is 42.2 Å². The second-order valence-electron chi connectivity index (χ2n) is 7.76. The van der Waals surface area contributed by atoms with Crippen LogP contribution < -0.4 is 15.5 Å². The number of hydrogen-bond donors (Lipinski definition) is 2. The van der Waals surface area contributed by atoms with Gasteiger partial charge in [0.05, 0.1) is 18.2 Å². The summed E-state index contributed by atoms with van der Waals surface area (Å²) in [6, 6.07) is 13.8. The number of ether oxygens (including phenoxy) is 1. The molecule has 1 aromatic heterocycles. The van der Waals surface area contributed by atoms with Gasteiger partial charge < -0.3 is 20.3 Å². The van der Waals surface area contributed by atoms with Crippen LogP contribution in [0.5, 0.6) is 0 Å². The van der Waals surface area contributed by atoms with Crippen molar-refractivity contribution in [3.63, 3.8) is 0 Å². The lowest BCUT2D eigenvalue weighted by molar-refractivity contribution is -0.116. The molecule has 1 fully saturated rings. The number of carbonyl (C=O) groups is 1. The van der Waals surface area contributed by atoms with E-state index in [1.807, 2.05) is 37.3 Å². The van der Waals surface area contributed by atoms with Gasteiger partial charge in [-0.15, -0.1) is 0 Å². The molecule has 33 heavy (non-hydrogen) atoms. The van der Waals surface area contributed by atoms with Crippen molar-refractivity contribution >= 4 is 40.5 Å². The Bertz CT molecular complexity index is 1120. The highest BCUT2D eigenvalue weighted by Crippen LogP contribution is 2.22. The Kier molecular flexibility index (Phi) is 7.36. The molecule has 1 saturated heterocycles. The van der Waals surface area contributed by atoms with Crippen molar-refractivity contribution in [1.82, 2.24) is 9.97 Å². The minimum Gasteiger partial charge on any atom is -0.378 e. The molecule has 2 N–H and O–H groups in total. The monoisotopic (exact) mass is 469 g/mol. The van der Waals surface area contributed by atoms with Crippen molar-refractivity contribution in [3.05, 3.63) is 70.8 Å². The number of amides is 1. The number of morpholine rings is 1. The number of aromatic nitrogens is 2. The highest BCUT2D eigenvalue weighted by Gasteiger charge is 2.14. The quantitative estimate of drug-likeness (QED) is 0.521. The van der Waals surface area contributed by atoms with Crippen molar-refractivity contribution in [1.29, 1.82) is 0 Å². The number of halogens is 2. The fourth-order valence-corrected chi connectivity index (χ4v) is 3.73. The van der Waals surface area contributed by atoms with E-state index in [0.717, 1.165) is 30.2 Å². The van der Waals surface area contributed by atoms with Crippen LogP contribution in [0.15, 0.2) is 48.5 Å². The summed E-state index contributed by atoms with van der Waals surface area (Å²) >= 11 is 5.79. The van der Waals surface area contributed by atoms with Gasteiger partial charge in [0.1, 0.15) is 23.3 Å². The van der Waals surface area contributed by atoms with Gasteiger partial charge >= 0.3 is 0 Å². The molecule has 0 unspecified atom stereocenters. The molecule has 9 heteroatoms. The third kappa shape index (κ3) is 6.40. The van der Waals surface area contributed by atoms with Crippen LogP contribution in [0.3, 0.4) is 0 Å². The second-order valence-corrected chi connectivity index (χ2v) is 8.16. The van der Waals surface area contributed by atoms with E-state index in [2.05, 4.69) is 25.5 Å². The zero-order chi connectivity index (χ0) is 23.2. The highest BCUT2D eigenvalue weighted by molar-refractivity contribution is 6.30. The minimum atomic E-state index is -0.465. The van der Waals surface area contributed by atoms with Gasteiger partial charge in [0.25, 0.3) is 0 Å². The predicted octanol–water partition coefficient (Wildman–Crippen LogP) is 4.73. The molecule has 1 aliphatic rings. The van der Waals surface area contributed by atoms with E-state index < -0.39 is 5.82 Å². The Morgan fingerprint density at radius 3 is 2.55 bits per heavy atom. The van der Waals surface area contributed by atoms with Gasteiger partial charge in [0.15, 0.2) is 0 Å². The molecule has 0 aliphatic carbocycles. The molecule has 1 aliphatic heterocycles. The van der Waals surface area contributed by atoms with Crippen LogP contribution in [0.25, 0.3) is 0 Å². The number of hydrogen-bond acceptors (Lipinski definition) is 6. The van der Waals surface area contributed by atoms with E-state index in [9.17, 15) is 9.18 Å². The van der Waals surface area contributed by atoms with Crippen molar-refractivity contribution in [2.75, 3.05) is 41.8 Å². The van der Waals surface area contributed by atoms with E-state index in [0.29, 0.717) is 37.0 Å². The minimum absolute atomic E-state index is 0.0620. The maximum Gasteiger partial charge on any atom is 0.224 e. The van der Waals surface area contributed by atoms with Gasteiger partial charge in [0, 0.05) is 37.0 Å². The molecule has 2 aromatic carbocycles. The lowest BCUT2D eigenvalue weighted by Crippen LogP contribution is -2.36. The summed E-state index contributed by atoms with van der Waals surface area (Å²) in [6.45, 7) is 4.86. The van der Waals surface area contributed by atoms with E-state index in [1.165, 1.54) is 6.07 Å². The highest BCUT2D eigenvalue weighted by atomic mass is 35.5. The van der Waals surface area contributed by atoms with Crippen LogP contribution in [0.2, 0.25) is 5.02 Å². The molecule has 0 bridgehead atoms. The molecule has 0 saturated carbocycles. The number of nitrogens with zero attached hydrogens (tertiary/aromatic N) is 3. The Morgan fingerprint density at radius 1 is 1.09 bits per heavy atom. The fraction of sp³-hybridized carbons (Fsp3) is 0.292. The summed E-state index contributed by atoms with van der Waals surface area (Å²) in [5.74, 6) is 1.68. The average Bonchev–Trinajstić information content (AvgIpc) is 2.81. The molecule has 4 rings (SSSR count). The Hall–Kier alpha value is -3.23. The van der Waals surface area contributed by atoms with Gasteiger partial charge in [-0.2, -0.15) is 0 Å². The standard InChI is InChI=1S/C24H25ClFN5O2/c1-16-27-22(15-23(28-16)31-10-12-33-13-11-31)29-18-4-6-19(7-5-18)30-24(32)9-3-17-2-8-21(26)20(25)14-17/h2,4-8,14-15H,3,9-13H2,1H3,(H,30,32)(H,27,28,29). The smallest absolute Gasteiger partial charge is 0.224 e. The Labute approximate surface area is 197 Å². The summed E-state index contributed by atoms with van der Waals surface area (Å²) in [5.41, 5.74) is 2.35. The topological polar surface area (TPSA) is 79.4 Å². The normalized spacial score (nSPS) is 13.6. The SMILES string of the molecule is Cc1nc(Nc2ccc(NC(=O)CCc3ccc(F)c(Cl)c3)cc2)cc(N2CCOCC2)n1. The van der Waals surface area contributed by atoms with Crippen LogP contribution in [-0.2, 0) is 16.0 Å². The first kappa shape index (κ1) is 22.9. The summed E-state index contributed by atoms with van der Waals surface area (Å²) in [7, 11) is 0.